The second-order valence-electron chi connectivity index (χ2n) is 6.03. The molecule has 0 saturated heterocycles. The summed E-state index contributed by atoms with van der Waals surface area (Å²) in [7, 11) is 0. The largest absolute Gasteiger partial charge is 0.300 e. The van der Waals surface area contributed by atoms with E-state index >= 15 is 0 Å². The number of hydrogen-bond donors (Lipinski definition) is 1. The Labute approximate surface area is 144 Å². The topological polar surface area (TPSA) is 62.3 Å². The van der Waals surface area contributed by atoms with Crippen LogP contribution in [0.2, 0.25) is 0 Å². The van der Waals surface area contributed by atoms with Crippen molar-refractivity contribution in [3.63, 3.8) is 0 Å². The Morgan fingerprint density at radius 1 is 1.25 bits per heavy atom. The van der Waals surface area contributed by atoms with Crippen LogP contribution in [-0.4, -0.2) is 28.2 Å². The highest BCUT2D eigenvalue weighted by Gasteiger charge is 2.32. The number of nitrogens with zero attached hydrogens (tertiary/aromatic N) is 2. The lowest BCUT2D eigenvalue weighted by molar-refractivity contribution is -0.116. The van der Waals surface area contributed by atoms with Gasteiger partial charge in [-0.2, -0.15) is 0 Å². The molecular weight excluding hydrogens is 322 g/mol. The van der Waals surface area contributed by atoms with Crippen molar-refractivity contribution in [2.75, 3.05) is 11.9 Å². The molecule has 1 aliphatic carbocycles. The lowest BCUT2D eigenvalue weighted by atomic mass is 10.0. The number of nitrogens with one attached hydrogen (secondary N) is 1. The van der Waals surface area contributed by atoms with Gasteiger partial charge in [0.1, 0.15) is 6.54 Å². The Bertz CT molecular complexity index is 797. The predicted molar refractivity (Wildman–Crippen MR) is 93.9 cm³/mol. The molecule has 4 rings (SSSR count). The van der Waals surface area contributed by atoms with E-state index in [0.29, 0.717) is 16.4 Å². The van der Waals surface area contributed by atoms with E-state index in [1.807, 2.05) is 18.2 Å². The van der Waals surface area contributed by atoms with Crippen LogP contribution in [-0.2, 0) is 17.6 Å². The van der Waals surface area contributed by atoms with Gasteiger partial charge in [0, 0.05) is 21.7 Å². The first-order chi connectivity index (χ1) is 11.6. The Balaban J connectivity index is 1.46. The molecule has 0 unspecified atom stereocenters. The fraction of sp³-hybridized carbons (Fsp3) is 0.278. The third-order valence-electron chi connectivity index (χ3n) is 4.43. The molecule has 122 valence electrons. The van der Waals surface area contributed by atoms with Gasteiger partial charge >= 0.3 is 0 Å². The number of hydrogen-bond acceptors (Lipinski definition) is 4. The van der Waals surface area contributed by atoms with Gasteiger partial charge in [-0.15, -0.1) is 11.3 Å². The molecule has 6 heteroatoms. The number of benzene rings is 1. The summed E-state index contributed by atoms with van der Waals surface area (Å²) in [6, 6.07) is 7.28. The molecule has 5 nitrogen and oxygen atoms in total. The zero-order valence-electron chi connectivity index (χ0n) is 13.2. The molecule has 0 bridgehead atoms. The maximum Gasteiger partial charge on any atom is 0.259 e. The van der Waals surface area contributed by atoms with E-state index in [9.17, 15) is 9.59 Å². The first-order valence-electron chi connectivity index (χ1n) is 8.02. The van der Waals surface area contributed by atoms with Crippen molar-refractivity contribution < 1.29 is 9.59 Å². The minimum absolute atomic E-state index is 0.0450. The number of thiazole rings is 1. The number of carbonyl (C=O) groups is 2. The van der Waals surface area contributed by atoms with Gasteiger partial charge in [0.2, 0.25) is 5.91 Å². The third-order valence-corrected chi connectivity index (χ3v) is 5.51. The molecule has 0 atom stereocenters. The fourth-order valence-electron chi connectivity index (χ4n) is 3.21. The number of carbonyl (C=O) groups excluding carboxylic acids is 2. The van der Waals surface area contributed by atoms with Gasteiger partial charge in [-0.3, -0.25) is 14.5 Å². The van der Waals surface area contributed by atoms with Crippen LogP contribution in [0.3, 0.4) is 0 Å². The monoisotopic (exact) mass is 339 g/mol. The smallest absolute Gasteiger partial charge is 0.259 e. The summed E-state index contributed by atoms with van der Waals surface area (Å²) in [6.07, 6.45) is 4.37. The molecule has 1 aromatic carbocycles. The molecule has 2 aromatic rings. The average molecular weight is 339 g/mol. The Hall–Kier alpha value is -2.47. The van der Waals surface area contributed by atoms with Gasteiger partial charge in [-0.1, -0.05) is 24.8 Å². The third kappa shape index (κ3) is 2.53. The standard InChI is InChI=1S/C18H17N3O2S/c1-11-12-6-2-3-7-13(12)17(23)21(11)10-16(22)20-18-19-14-8-4-5-9-15(14)24-18/h2-3,6-7H,1,4-5,8-10H2,(H,19,20,22). The van der Waals surface area contributed by atoms with Crippen molar-refractivity contribution in [2.45, 2.75) is 25.7 Å². The maximum absolute atomic E-state index is 12.4. The zero-order chi connectivity index (χ0) is 16.7. The van der Waals surface area contributed by atoms with Crippen LogP contribution in [0.1, 0.15) is 39.3 Å². The van der Waals surface area contributed by atoms with Crippen LogP contribution in [0.5, 0.6) is 0 Å². The number of amides is 2. The molecule has 1 N–H and O–H groups in total. The summed E-state index contributed by atoms with van der Waals surface area (Å²) < 4.78 is 0. The highest BCUT2D eigenvalue weighted by molar-refractivity contribution is 7.15. The van der Waals surface area contributed by atoms with E-state index < -0.39 is 0 Å². The van der Waals surface area contributed by atoms with Gasteiger partial charge < -0.3 is 5.32 Å². The van der Waals surface area contributed by atoms with Gasteiger partial charge in [0.05, 0.1) is 5.69 Å². The van der Waals surface area contributed by atoms with Crippen molar-refractivity contribution >= 4 is 34.0 Å². The summed E-state index contributed by atoms with van der Waals surface area (Å²) in [4.78, 5) is 32.0. The fourth-order valence-corrected chi connectivity index (χ4v) is 4.28. The predicted octanol–water partition coefficient (Wildman–Crippen LogP) is 3.09. The SMILES string of the molecule is C=C1c2ccccc2C(=O)N1CC(=O)Nc1nc2c(s1)CCCC2. The molecule has 0 saturated carbocycles. The zero-order valence-corrected chi connectivity index (χ0v) is 14.0. The second kappa shape index (κ2) is 5.87. The first-order valence-corrected chi connectivity index (χ1v) is 8.84. The molecular formula is C18H17N3O2S. The quantitative estimate of drug-likeness (QED) is 0.935. The van der Waals surface area contributed by atoms with Crippen molar-refractivity contribution in [2.24, 2.45) is 0 Å². The lowest BCUT2D eigenvalue weighted by Crippen LogP contribution is -2.32. The van der Waals surface area contributed by atoms with Crippen LogP contribution in [0.25, 0.3) is 5.70 Å². The van der Waals surface area contributed by atoms with Crippen LogP contribution in [0, 0.1) is 0 Å². The van der Waals surface area contributed by atoms with Crippen LogP contribution < -0.4 is 5.32 Å². The van der Waals surface area contributed by atoms with E-state index in [-0.39, 0.29) is 18.4 Å². The molecule has 1 aliphatic heterocycles. The van der Waals surface area contributed by atoms with Gasteiger partial charge in [-0.25, -0.2) is 4.98 Å². The lowest BCUT2D eigenvalue weighted by Gasteiger charge is -2.16. The molecule has 0 radical (unpaired) electrons. The van der Waals surface area contributed by atoms with Crippen molar-refractivity contribution in [1.82, 2.24) is 9.88 Å². The summed E-state index contributed by atoms with van der Waals surface area (Å²) in [5.74, 6) is -0.424. The van der Waals surface area contributed by atoms with Crippen molar-refractivity contribution in [3.8, 4) is 0 Å². The normalized spacial score (nSPS) is 16.1. The highest BCUT2D eigenvalue weighted by Crippen LogP contribution is 2.32. The first kappa shape index (κ1) is 15.1. The number of fused-ring (bicyclic) bond motifs is 2. The van der Waals surface area contributed by atoms with Gasteiger partial charge in [0.25, 0.3) is 5.91 Å². The Morgan fingerprint density at radius 2 is 2.00 bits per heavy atom. The van der Waals surface area contributed by atoms with Crippen molar-refractivity contribution in [3.05, 3.63) is 52.5 Å². The molecule has 2 aliphatic rings. The molecule has 24 heavy (non-hydrogen) atoms. The Morgan fingerprint density at radius 3 is 2.75 bits per heavy atom. The number of aromatic nitrogens is 1. The van der Waals surface area contributed by atoms with E-state index in [4.69, 9.17) is 0 Å². The summed E-state index contributed by atoms with van der Waals surface area (Å²) in [5, 5.41) is 3.45. The molecule has 2 heterocycles. The van der Waals surface area contributed by atoms with E-state index in [1.54, 1.807) is 17.4 Å². The summed E-state index contributed by atoms with van der Waals surface area (Å²) in [6.45, 7) is 3.91. The molecule has 1 aromatic heterocycles. The minimum atomic E-state index is -0.247. The second-order valence-corrected chi connectivity index (χ2v) is 7.11. The molecule has 0 fully saturated rings. The highest BCUT2D eigenvalue weighted by atomic mass is 32.1. The minimum Gasteiger partial charge on any atom is -0.300 e. The molecule has 0 spiro atoms. The number of rotatable bonds is 3. The van der Waals surface area contributed by atoms with Crippen molar-refractivity contribution in [1.29, 1.82) is 0 Å². The Kier molecular flexibility index (Phi) is 3.69. The van der Waals surface area contributed by atoms with E-state index in [0.717, 1.165) is 30.5 Å². The maximum atomic E-state index is 12.4. The van der Waals surface area contributed by atoms with Crippen LogP contribution in [0.4, 0.5) is 5.13 Å². The van der Waals surface area contributed by atoms with E-state index in [2.05, 4.69) is 16.9 Å². The number of aryl methyl sites for hydroxylation is 2. The number of anilines is 1. The van der Waals surface area contributed by atoms with E-state index in [1.165, 1.54) is 16.2 Å². The summed E-state index contributed by atoms with van der Waals surface area (Å²) in [5.41, 5.74) is 3.07. The molecule has 2 amide bonds. The summed E-state index contributed by atoms with van der Waals surface area (Å²) >= 11 is 1.54. The average Bonchev–Trinajstić information content (AvgIpc) is 3.09. The van der Waals surface area contributed by atoms with Gasteiger partial charge in [0.15, 0.2) is 5.13 Å². The van der Waals surface area contributed by atoms with Crippen LogP contribution >= 0.6 is 11.3 Å². The van der Waals surface area contributed by atoms with Gasteiger partial charge in [-0.05, 0) is 31.7 Å². The van der Waals surface area contributed by atoms with Crippen LogP contribution in [0.15, 0.2) is 30.8 Å².